The molecule has 3 aromatic rings. The van der Waals surface area contributed by atoms with E-state index in [1.165, 1.54) is 0 Å². The molecule has 4 nitrogen and oxygen atoms in total. The number of nitrogen functional groups attached to an aromatic ring is 1. The molecule has 0 aliphatic heterocycles. The number of H-pyrrole nitrogens is 1. The first kappa shape index (κ1) is 10.8. The first-order chi connectivity index (χ1) is 8.63. The maximum Gasteiger partial charge on any atom is 0.178 e. The average Bonchev–Trinajstić information content (AvgIpc) is 2.75. The highest BCUT2D eigenvalue weighted by Crippen LogP contribution is 2.23. The molecule has 0 saturated carbocycles. The molecular weight excluding hydrogens is 224 g/mol. The molecule has 3 N–H and O–H groups in total. The lowest BCUT2D eigenvalue weighted by Gasteiger charge is -2.01. The molecule has 0 amide bonds. The summed E-state index contributed by atoms with van der Waals surface area (Å²) in [6, 6.07) is 9.90. The third-order valence-electron chi connectivity index (χ3n) is 3.04. The van der Waals surface area contributed by atoms with Gasteiger partial charge in [-0.2, -0.15) is 0 Å². The van der Waals surface area contributed by atoms with Crippen molar-refractivity contribution in [3.05, 3.63) is 41.6 Å². The SMILES string of the molecule is Cc1ccc2[nH]c(-c3ccc(C)c(N)c3)nc2n1. The second-order valence-corrected chi connectivity index (χ2v) is 4.48. The number of pyridine rings is 1. The van der Waals surface area contributed by atoms with E-state index in [9.17, 15) is 0 Å². The summed E-state index contributed by atoms with van der Waals surface area (Å²) in [7, 11) is 0. The number of imidazole rings is 1. The van der Waals surface area contributed by atoms with Gasteiger partial charge >= 0.3 is 0 Å². The average molecular weight is 238 g/mol. The third-order valence-corrected chi connectivity index (χ3v) is 3.04. The van der Waals surface area contributed by atoms with Gasteiger partial charge in [-0.3, -0.25) is 0 Å². The second-order valence-electron chi connectivity index (χ2n) is 4.48. The van der Waals surface area contributed by atoms with Crippen LogP contribution in [0.15, 0.2) is 30.3 Å². The number of hydrogen-bond donors (Lipinski definition) is 2. The van der Waals surface area contributed by atoms with E-state index >= 15 is 0 Å². The van der Waals surface area contributed by atoms with E-state index in [2.05, 4.69) is 15.0 Å². The van der Waals surface area contributed by atoms with Gasteiger partial charge in [-0.15, -0.1) is 0 Å². The van der Waals surface area contributed by atoms with Crippen LogP contribution in [0.4, 0.5) is 5.69 Å². The molecule has 2 aromatic heterocycles. The van der Waals surface area contributed by atoms with Gasteiger partial charge in [0.2, 0.25) is 0 Å². The number of nitrogens with zero attached hydrogens (tertiary/aromatic N) is 2. The first-order valence-corrected chi connectivity index (χ1v) is 5.83. The molecule has 0 bridgehead atoms. The normalized spacial score (nSPS) is 11.0. The van der Waals surface area contributed by atoms with Crippen LogP contribution in [0.25, 0.3) is 22.6 Å². The summed E-state index contributed by atoms with van der Waals surface area (Å²) in [5.41, 5.74) is 11.4. The van der Waals surface area contributed by atoms with Crippen LogP contribution in [-0.4, -0.2) is 15.0 Å². The zero-order chi connectivity index (χ0) is 12.7. The number of hydrogen-bond acceptors (Lipinski definition) is 3. The molecule has 18 heavy (non-hydrogen) atoms. The molecule has 90 valence electrons. The van der Waals surface area contributed by atoms with Crippen molar-refractivity contribution in [3.63, 3.8) is 0 Å². The Hall–Kier alpha value is -2.36. The van der Waals surface area contributed by atoms with Crippen LogP contribution >= 0.6 is 0 Å². The molecule has 0 unspecified atom stereocenters. The third kappa shape index (κ3) is 1.72. The monoisotopic (exact) mass is 238 g/mol. The summed E-state index contributed by atoms with van der Waals surface area (Å²) in [5.74, 6) is 0.801. The highest BCUT2D eigenvalue weighted by molar-refractivity contribution is 5.77. The number of fused-ring (bicyclic) bond motifs is 1. The van der Waals surface area contributed by atoms with Gasteiger partial charge in [-0.25, -0.2) is 9.97 Å². The van der Waals surface area contributed by atoms with Crippen LogP contribution in [0.1, 0.15) is 11.3 Å². The Bertz CT molecular complexity index is 728. The largest absolute Gasteiger partial charge is 0.398 e. The summed E-state index contributed by atoms with van der Waals surface area (Å²) < 4.78 is 0. The van der Waals surface area contributed by atoms with E-state index in [4.69, 9.17) is 5.73 Å². The quantitative estimate of drug-likeness (QED) is 0.640. The van der Waals surface area contributed by atoms with Gasteiger partial charge in [-0.05, 0) is 37.6 Å². The van der Waals surface area contributed by atoms with Gasteiger partial charge < -0.3 is 10.7 Å². The van der Waals surface area contributed by atoms with E-state index < -0.39 is 0 Å². The predicted octanol–water partition coefficient (Wildman–Crippen LogP) is 2.82. The number of anilines is 1. The van der Waals surface area contributed by atoms with Crippen molar-refractivity contribution in [1.82, 2.24) is 15.0 Å². The van der Waals surface area contributed by atoms with Gasteiger partial charge in [0.15, 0.2) is 5.65 Å². The number of nitrogens with two attached hydrogens (primary N) is 1. The number of nitrogens with one attached hydrogen (secondary N) is 1. The predicted molar refractivity (Wildman–Crippen MR) is 73.2 cm³/mol. The van der Waals surface area contributed by atoms with E-state index in [0.29, 0.717) is 0 Å². The fourth-order valence-corrected chi connectivity index (χ4v) is 1.91. The van der Waals surface area contributed by atoms with Crippen molar-refractivity contribution in [2.75, 3.05) is 5.73 Å². The molecule has 4 heteroatoms. The fraction of sp³-hybridized carbons (Fsp3) is 0.143. The fourth-order valence-electron chi connectivity index (χ4n) is 1.91. The number of rotatable bonds is 1. The van der Waals surface area contributed by atoms with Crippen LogP contribution in [0.3, 0.4) is 0 Å². The van der Waals surface area contributed by atoms with Gasteiger partial charge in [0.1, 0.15) is 5.82 Å². The van der Waals surface area contributed by atoms with Crippen LogP contribution in [0.5, 0.6) is 0 Å². The van der Waals surface area contributed by atoms with Crippen molar-refractivity contribution in [2.24, 2.45) is 0 Å². The Morgan fingerprint density at radius 1 is 1.06 bits per heavy atom. The minimum atomic E-state index is 0.740. The van der Waals surface area contributed by atoms with E-state index in [1.807, 2.05) is 44.2 Å². The van der Waals surface area contributed by atoms with Crippen molar-refractivity contribution < 1.29 is 0 Å². The maximum absolute atomic E-state index is 5.92. The van der Waals surface area contributed by atoms with Crippen molar-refractivity contribution in [2.45, 2.75) is 13.8 Å². The molecule has 0 fully saturated rings. The summed E-state index contributed by atoms with van der Waals surface area (Å²) in [4.78, 5) is 12.1. The molecule has 0 aliphatic carbocycles. The van der Waals surface area contributed by atoms with E-state index in [1.54, 1.807) is 0 Å². The summed E-state index contributed by atoms with van der Waals surface area (Å²) in [6.07, 6.45) is 0. The summed E-state index contributed by atoms with van der Waals surface area (Å²) in [5, 5.41) is 0. The lowest BCUT2D eigenvalue weighted by Crippen LogP contribution is -1.90. The van der Waals surface area contributed by atoms with Gasteiger partial charge in [-0.1, -0.05) is 12.1 Å². The zero-order valence-corrected chi connectivity index (χ0v) is 10.4. The molecule has 0 atom stereocenters. The number of aromatic nitrogens is 3. The number of aromatic amines is 1. The minimum absolute atomic E-state index is 0.740. The van der Waals surface area contributed by atoms with Gasteiger partial charge in [0.25, 0.3) is 0 Å². The number of aryl methyl sites for hydroxylation is 2. The zero-order valence-electron chi connectivity index (χ0n) is 10.4. The Morgan fingerprint density at radius 3 is 2.67 bits per heavy atom. The molecular formula is C14H14N4. The first-order valence-electron chi connectivity index (χ1n) is 5.83. The molecule has 0 radical (unpaired) electrons. The molecule has 0 spiro atoms. The second kappa shape index (κ2) is 3.84. The van der Waals surface area contributed by atoms with Crippen molar-refractivity contribution in [3.8, 4) is 11.4 Å². The minimum Gasteiger partial charge on any atom is -0.398 e. The Kier molecular flexibility index (Phi) is 2.30. The molecule has 0 aliphatic rings. The highest BCUT2D eigenvalue weighted by Gasteiger charge is 2.07. The van der Waals surface area contributed by atoms with Crippen LogP contribution in [-0.2, 0) is 0 Å². The Balaban J connectivity index is 2.16. The van der Waals surface area contributed by atoms with Crippen LogP contribution in [0.2, 0.25) is 0 Å². The molecule has 1 aromatic carbocycles. The van der Waals surface area contributed by atoms with E-state index in [-0.39, 0.29) is 0 Å². The van der Waals surface area contributed by atoms with Crippen molar-refractivity contribution in [1.29, 1.82) is 0 Å². The van der Waals surface area contributed by atoms with E-state index in [0.717, 1.165) is 39.5 Å². The standard InChI is InChI=1S/C14H14N4/c1-8-3-5-10(7-11(8)15)13-17-12-6-4-9(2)16-14(12)18-13/h3-7H,15H2,1-2H3,(H,16,17,18). The topological polar surface area (TPSA) is 67.6 Å². The van der Waals surface area contributed by atoms with Crippen LogP contribution in [0, 0.1) is 13.8 Å². The van der Waals surface area contributed by atoms with Gasteiger partial charge in [0, 0.05) is 16.9 Å². The maximum atomic E-state index is 5.92. The lowest BCUT2D eigenvalue weighted by molar-refractivity contribution is 1.22. The summed E-state index contributed by atoms with van der Waals surface area (Å²) >= 11 is 0. The van der Waals surface area contributed by atoms with Crippen molar-refractivity contribution >= 4 is 16.9 Å². The smallest absolute Gasteiger partial charge is 0.178 e. The highest BCUT2D eigenvalue weighted by atomic mass is 15.0. The molecule has 0 saturated heterocycles. The Labute approximate surface area is 105 Å². The summed E-state index contributed by atoms with van der Waals surface area (Å²) in [6.45, 7) is 3.94. The molecule has 2 heterocycles. The lowest BCUT2D eigenvalue weighted by atomic mass is 10.1. The molecule has 3 rings (SSSR count). The van der Waals surface area contributed by atoms with Crippen LogP contribution < -0.4 is 5.73 Å². The number of benzene rings is 1. The van der Waals surface area contributed by atoms with Gasteiger partial charge in [0.05, 0.1) is 5.52 Å². The Morgan fingerprint density at radius 2 is 1.89 bits per heavy atom.